The van der Waals surface area contributed by atoms with Crippen LogP contribution in [0.3, 0.4) is 0 Å². The van der Waals surface area contributed by atoms with Crippen molar-refractivity contribution < 1.29 is 9.46 Å². The van der Waals surface area contributed by atoms with Gasteiger partial charge in [0.2, 0.25) is 5.78 Å². The maximum atomic E-state index is 10.2. The molecular formula is C4H11NO2P+. The first-order valence-corrected chi connectivity index (χ1v) is 3.65. The Balaban J connectivity index is 3.64. The summed E-state index contributed by atoms with van der Waals surface area (Å²) in [6, 6.07) is 0. The third-order valence-corrected chi connectivity index (χ3v) is 2.17. The van der Waals surface area contributed by atoms with Crippen molar-refractivity contribution in [2.45, 2.75) is 12.7 Å². The first-order chi connectivity index (χ1) is 3.55. The van der Waals surface area contributed by atoms with Crippen LogP contribution in [0.2, 0.25) is 0 Å². The Morgan fingerprint density at radius 3 is 2.00 bits per heavy atom. The molecule has 1 N–H and O–H groups in total. The van der Waals surface area contributed by atoms with Crippen molar-refractivity contribution in [1.82, 2.24) is 4.90 Å². The maximum Gasteiger partial charge on any atom is 0.524 e. The zero-order valence-corrected chi connectivity index (χ0v) is 6.22. The molecule has 0 rings (SSSR count). The minimum atomic E-state index is -2.03. The van der Waals surface area contributed by atoms with Crippen LogP contribution in [0, 0.1) is 0 Å². The van der Waals surface area contributed by atoms with Crippen molar-refractivity contribution in [3.63, 3.8) is 0 Å². The van der Waals surface area contributed by atoms with Gasteiger partial charge in [-0.2, -0.15) is 4.89 Å². The summed E-state index contributed by atoms with van der Waals surface area (Å²) in [5.41, 5.74) is 0. The summed E-state index contributed by atoms with van der Waals surface area (Å²) < 4.78 is 10.2. The van der Waals surface area contributed by atoms with Crippen LogP contribution < -0.4 is 0 Å². The largest absolute Gasteiger partial charge is 0.524 e. The molecule has 48 valence electrons. The lowest BCUT2D eigenvalue weighted by Gasteiger charge is -2.05. The van der Waals surface area contributed by atoms with Crippen molar-refractivity contribution in [2.24, 2.45) is 0 Å². The van der Waals surface area contributed by atoms with Gasteiger partial charge < -0.3 is 0 Å². The Bertz CT molecular complexity index is 94.0. The van der Waals surface area contributed by atoms with E-state index in [0.29, 0.717) is 0 Å². The van der Waals surface area contributed by atoms with Gasteiger partial charge in [0.25, 0.3) is 0 Å². The van der Waals surface area contributed by atoms with Crippen LogP contribution in [0.25, 0.3) is 0 Å². The Morgan fingerprint density at radius 2 is 2.00 bits per heavy atom. The monoisotopic (exact) mass is 136 g/mol. The summed E-state index contributed by atoms with van der Waals surface area (Å²) in [5, 5.41) is 0. The fraction of sp³-hybridized carbons (Fsp3) is 1.00. The molecule has 0 aliphatic rings. The summed E-state index contributed by atoms with van der Waals surface area (Å²) in [7, 11) is 1.52. The second kappa shape index (κ2) is 3.13. The lowest BCUT2D eigenvalue weighted by molar-refractivity contribution is 0.361. The first kappa shape index (κ1) is 8.02. The summed E-state index contributed by atoms with van der Waals surface area (Å²) in [6.07, 6.45) is 0. The van der Waals surface area contributed by atoms with Crippen molar-refractivity contribution in [3.05, 3.63) is 0 Å². The molecule has 0 aromatic rings. The van der Waals surface area contributed by atoms with Crippen LogP contribution >= 0.6 is 8.03 Å². The van der Waals surface area contributed by atoms with Gasteiger partial charge in [-0.15, -0.1) is 0 Å². The van der Waals surface area contributed by atoms with Gasteiger partial charge in [-0.05, 0) is 25.6 Å². The molecule has 8 heavy (non-hydrogen) atoms. The third kappa shape index (κ3) is 2.36. The zero-order chi connectivity index (χ0) is 6.73. The maximum absolute atomic E-state index is 10.2. The second-order valence-corrected chi connectivity index (χ2v) is 3.25. The Hall–Kier alpha value is 0.0200. The van der Waals surface area contributed by atoms with Gasteiger partial charge in [-0.1, -0.05) is 0 Å². The highest BCUT2D eigenvalue weighted by Crippen LogP contribution is 2.22. The molecule has 0 aliphatic carbocycles. The molecule has 4 heteroatoms. The van der Waals surface area contributed by atoms with Gasteiger partial charge in [0.1, 0.15) is 0 Å². The van der Waals surface area contributed by atoms with Gasteiger partial charge in [-0.3, -0.25) is 4.90 Å². The molecule has 0 aliphatic heterocycles. The summed E-state index contributed by atoms with van der Waals surface area (Å²) in [4.78, 5) is 10.2. The number of rotatable bonds is 2. The normalized spacial score (nSPS) is 16.4. The van der Waals surface area contributed by atoms with Crippen LogP contribution in [0.4, 0.5) is 0 Å². The Labute approximate surface area is 50.2 Å². The predicted molar refractivity (Wildman–Crippen MR) is 33.0 cm³/mol. The molecule has 0 aromatic carbocycles. The van der Waals surface area contributed by atoms with Gasteiger partial charge in [0.05, 0.1) is 0 Å². The number of hydrogen-bond donors (Lipinski definition) is 1. The lowest BCUT2D eigenvalue weighted by atomic mass is 10.7. The minimum Gasteiger partial charge on any atom is -0.264 e. The summed E-state index contributed by atoms with van der Waals surface area (Å²) in [5.74, 6) is -0.231. The van der Waals surface area contributed by atoms with Gasteiger partial charge in [-0.25, -0.2) is 0 Å². The van der Waals surface area contributed by atoms with E-state index in [1.807, 2.05) is 0 Å². The van der Waals surface area contributed by atoms with Gasteiger partial charge >= 0.3 is 8.03 Å². The quantitative estimate of drug-likeness (QED) is 0.566. The van der Waals surface area contributed by atoms with E-state index in [4.69, 9.17) is 4.89 Å². The Morgan fingerprint density at radius 1 is 1.62 bits per heavy atom. The van der Waals surface area contributed by atoms with E-state index in [1.54, 1.807) is 25.9 Å². The molecule has 0 heterocycles. The first-order valence-electron chi connectivity index (χ1n) is 2.37. The average molecular weight is 136 g/mol. The topological polar surface area (TPSA) is 40.5 Å². The molecule has 2 unspecified atom stereocenters. The molecule has 0 fully saturated rings. The molecular weight excluding hydrogens is 125 g/mol. The summed E-state index contributed by atoms with van der Waals surface area (Å²) >= 11 is 0. The highest BCUT2D eigenvalue weighted by atomic mass is 31.1. The smallest absolute Gasteiger partial charge is 0.264 e. The third-order valence-electron chi connectivity index (χ3n) is 1.07. The van der Waals surface area contributed by atoms with Crippen LogP contribution in [0.5, 0.6) is 0 Å². The number of hydrogen-bond acceptors (Lipinski definition) is 2. The van der Waals surface area contributed by atoms with Crippen LogP contribution in [0.15, 0.2) is 0 Å². The van der Waals surface area contributed by atoms with Crippen molar-refractivity contribution in [1.29, 1.82) is 0 Å². The fourth-order valence-electron chi connectivity index (χ4n) is 0.198. The highest BCUT2D eigenvalue weighted by molar-refractivity contribution is 7.38. The Kier molecular flexibility index (Phi) is 3.13. The van der Waals surface area contributed by atoms with Crippen molar-refractivity contribution in [3.8, 4) is 0 Å². The molecule has 3 nitrogen and oxygen atoms in total. The molecule has 2 atom stereocenters. The summed E-state index contributed by atoms with van der Waals surface area (Å²) in [6.45, 7) is 1.71. The van der Waals surface area contributed by atoms with Gasteiger partial charge in [0, 0.05) is 0 Å². The molecule has 0 spiro atoms. The average Bonchev–Trinajstić information content (AvgIpc) is 1.64. The molecule has 0 saturated carbocycles. The van der Waals surface area contributed by atoms with Crippen molar-refractivity contribution >= 4 is 8.03 Å². The van der Waals surface area contributed by atoms with Crippen molar-refractivity contribution in [2.75, 3.05) is 14.1 Å². The minimum absolute atomic E-state index is 0.231. The van der Waals surface area contributed by atoms with E-state index in [1.165, 1.54) is 0 Å². The standard InChI is InChI=1S/C4H10NO2P/c1-4(5(2)3)8(6)7/h4H,1-3H3/p+1. The molecule has 0 amide bonds. The van der Waals surface area contributed by atoms with Crippen LogP contribution in [-0.4, -0.2) is 29.7 Å². The molecule has 0 aromatic heterocycles. The predicted octanol–water partition coefficient (Wildman–Crippen LogP) is 0.629. The van der Waals surface area contributed by atoms with E-state index in [0.717, 1.165) is 0 Å². The zero-order valence-electron chi connectivity index (χ0n) is 5.33. The lowest BCUT2D eigenvalue weighted by Crippen LogP contribution is -2.20. The van der Waals surface area contributed by atoms with E-state index in [-0.39, 0.29) is 5.78 Å². The van der Waals surface area contributed by atoms with Crippen LogP contribution in [0.1, 0.15) is 6.92 Å². The van der Waals surface area contributed by atoms with E-state index < -0.39 is 8.03 Å². The van der Waals surface area contributed by atoms with E-state index >= 15 is 0 Å². The highest BCUT2D eigenvalue weighted by Gasteiger charge is 2.24. The SMILES string of the molecule is CC(N(C)C)[P+](=O)O. The fourth-order valence-corrected chi connectivity index (χ4v) is 0.593. The van der Waals surface area contributed by atoms with E-state index in [2.05, 4.69) is 0 Å². The second-order valence-electron chi connectivity index (χ2n) is 1.90. The molecule has 0 bridgehead atoms. The van der Waals surface area contributed by atoms with Crippen LogP contribution in [-0.2, 0) is 4.57 Å². The molecule has 0 radical (unpaired) electrons. The van der Waals surface area contributed by atoms with Gasteiger partial charge in [0.15, 0.2) is 0 Å². The van der Waals surface area contributed by atoms with E-state index in [9.17, 15) is 4.57 Å². The molecule has 0 saturated heterocycles. The number of nitrogens with zero attached hydrogens (tertiary/aromatic N) is 1.